The van der Waals surface area contributed by atoms with E-state index in [1.54, 1.807) is 7.11 Å². The number of nitrogens with one attached hydrogen (secondary N) is 1. The number of anilines is 1. The van der Waals surface area contributed by atoms with Crippen molar-refractivity contribution in [2.24, 2.45) is 5.41 Å². The molecule has 2 saturated heterocycles. The first-order chi connectivity index (χ1) is 23.9. The molecule has 1 atom stereocenters. The average Bonchev–Trinajstić information content (AvgIpc) is 3.86. The first-order valence-corrected chi connectivity index (χ1v) is 17.2. The van der Waals surface area contributed by atoms with Crippen LogP contribution in [0.4, 0.5) is 10.3 Å². The van der Waals surface area contributed by atoms with Gasteiger partial charge in [-0.2, -0.15) is 0 Å². The Labute approximate surface area is 286 Å². The maximum absolute atomic E-state index is 14.3. The number of halogens is 1. The van der Waals surface area contributed by atoms with Gasteiger partial charge in [0.15, 0.2) is 0 Å². The number of carbonyl (C=O) groups excluding carboxylic acids is 1. The lowest BCUT2D eigenvalue weighted by atomic mass is 9.77. The second kappa shape index (κ2) is 14.4. The number of methoxy groups -OCH3 is 1. The van der Waals surface area contributed by atoms with E-state index in [1.807, 2.05) is 77.7 Å². The van der Waals surface area contributed by atoms with Crippen LogP contribution in [0.5, 0.6) is 5.75 Å². The van der Waals surface area contributed by atoms with E-state index in [2.05, 4.69) is 14.8 Å². The third-order valence-corrected chi connectivity index (χ3v) is 10.4. The van der Waals surface area contributed by atoms with E-state index < -0.39 is 5.41 Å². The largest absolute Gasteiger partial charge is 0.496 e. The number of nitrogens with zero attached hydrogens (tertiary/aromatic N) is 4. The van der Waals surface area contributed by atoms with Crippen LogP contribution < -0.4 is 9.64 Å². The number of aliphatic hydroxyl groups excluding tert-OH is 1. The molecule has 0 bridgehead atoms. The van der Waals surface area contributed by atoms with Crippen molar-refractivity contribution in [1.82, 2.24) is 19.8 Å². The molecule has 2 aliphatic heterocycles. The molecule has 2 fully saturated rings. The number of benzene rings is 3. The van der Waals surface area contributed by atoms with Crippen molar-refractivity contribution in [3.63, 3.8) is 0 Å². The third-order valence-electron chi connectivity index (χ3n) is 10.4. The Morgan fingerprint density at radius 1 is 1.00 bits per heavy atom. The Kier molecular flexibility index (Phi) is 9.68. The monoisotopic (exact) mass is 665 g/mol. The van der Waals surface area contributed by atoms with E-state index >= 15 is 0 Å². The maximum Gasteiger partial charge on any atom is 0.229 e. The number of para-hydroxylation sites is 3. The van der Waals surface area contributed by atoms with E-state index in [9.17, 15) is 14.3 Å². The number of aromatic nitrogens is 2. The summed E-state index contributed by atoms with van der Waals surface area (Å²) < 4.78 is 25.3. The highest BCUT2D eigenvalue weighted by Gasteiger charge is 2.46. The number of ether oxygens (including phenoxy) is 1. The van der Waals surface area contributed by atoms with Crippen LogP contribution >= 0.6 is 0 Å². The SMILES string of the molecule is COc1ccccc1CN1CCC(CCN2CCC(N(Cc3ccc(CO)o3)c3nc4ccccc4[nH]3)CC2)(Cc2ccc(F)cc2)C1=O. The van der Waals surface area contributed by atoms with Gasteiger partial charge in [0.25, 0.3) is 0 Å². The van der Waals surface area contributed by atoms with Crippen LogP contribution in [0.25, 0.3) is 11.0 Å². The zero-order chi connectivity index (χ0) is 33.8. The van der Waals surface area contributed by atoms with Gasteiger partial charge in [0, 0.05) is 37.8 Å². The number of imidazole rings is 1. The normalized spacial score (nSPS) is 18.8. The number of hydrogen-bond donors (Lipinski definition) is 2. The minimum absolute atomic E-state index is 0.133. The Bertz CT molecular complexity index is 1830. The van der Waals surface area contributed by atoms with Crippen LogP contribution in [0, 0.1) is 11.2 Å². The highest BCUT2D eigenvalue weighted by molar-refractivity contribution is 5.85. The number of carbonyl (C=O) groups is 1. The fourth-order valence-corrected chi connectivity index (χ4v) is 7.60. The number of piperidine rings is 1. The molecular weight excluding hydrogens is 621 g/mol. The van der Waals surface area contributed by atoms with E-state index in [0.717, 1.165) is 84.9 Å². The summed E-state index contributed by atoms with van der Waals surface area (Å²) in [6.07, 6.45) is 3.95. The highest BCUT2D eigenvalue weighted by Crippen LogP contribution is 2.41. The predicted molar refractivity (Wildman–Crippen MR) is 187 cm³/mol. The molecule has 1 amide bonds. The van der Waals surface area contributed by atoms with Crippen molar-refractivity contribution in [1.29, 1.82) is 0 Å². The Morgan fingerprint density at radius 3 is 2.51 bits per heavy atom. The summed E-state index contributed by atoms with van der Waals surface area (Å²) in [7, 11) is 1.66. The molecule has 2 aliphatic rings. The zero-order valence-corrected chi connectivity index (χ0v) is 28.0. The molecule has 1 unspecified atom stereocenters. The number of fused-ring (bicyclic) bond motifs is 1. The molecule has 0 aliphatic carbocycles. The van der Waals surface area contributed by atoms with Crippen molar-refractivity contribution in [3.8, 4) is 5.75 Å². The summed E-state index contributed by atoms with van der Waals surface area (Å²) in [5.41, 5.74) is 3.33. The molecule has 256 valence electrons. The number of amides is 1. The van der Waals surface area contributed by atoms with Crippen molar-refractivity contribution < 1.29 is 23.4 Å². The fraction of sp³-hybridized carbons (Fsp3) is 0.385. The number of aromatic amines is 1. The van der Waals surface area contributed by atoms with Gasteiger partial charge in [0.05, 0.1) is 30.1 Å². The number of hydrogen-bond acceptors (Lipinski definition) is 7. The van der Waals surface area contributed by atoms with Gasteiger partial charge in [-0.05, 0) is 86.7 Å². The summed E-state index contributed by atoms with van der Waals surface area (Å²) in [5.74, 6) is 2.82. The third kappa shape index (κ3) is 7.21. The molecule has 0 spiro atoms. The van der Waals surface area contributed by atoms with E-state index in [-0.39, 0.29) is 24.4 Å². The van der Waals surface area contributed by atoms with Gasteiger partial charge in [-0.1, -0.05) is 42.5 Å². The summed E-state index contributed by atoms with van der Waals surface area (Å²) in [6.45, 7) is 4.20. The molecule has 0 saturated carbocycles. The molecule has 9 nitrogen and oxygen atoms in total. The van der Waals surface area contributed by atoms with Gasteiger partial charge in [0.2, 0.25) is 11.9 Å². The topological polar surface area (TPSA) is 98.1 Å². The first-order valence-electron chi connectivity index (χ1n) is 17.2. The minimum Gasteiger partial charge on any atom is -0.496 e. The van der Waals surface area contributed by atoms with Crippen LogP contribution in [0.1, 0.15) is 48.3 Å². The molecule has 5 aromatic rings. The Balaban J connectivity index is 1.05. The molecule has 49 heavy (non-hydrogen) atoms. The molecule has 3 aromatic carbocycles. The van der Waals surface area contributed by atoms with Gasteiger partial charge in [0.1, 0.15) is 29.7 Å². The van der Waals surface area contributed by atoms with E-state index in [4.69, 9.17) is 14.1 Å². The van der Waals surface area contributed by atoms with Gasteiger partial charge in [-0.15, -0.1) is 0 Å². The molecule has 10 heteroatoms. The summed E-state index contributed by atoms with van der Waals surface area (Å²) in [4.78, 5) is 29.5. The molecule has 0 radical (unpaired) electrons. The molecule has 7 rings (SSSR count). The Morgan fingerprint density at radius 2 is 1.76 bits per heavy atom. The average molecular weight is 666 g/mol. The lowest BCUT2D eigenvalue weighted by molar-refractivity contribution is -0.137. The van der Waals surface area contributed by atoms with Gasteiger partial charge in [-0.3, -0.25) is 4.79 Å². The number of furan rings is 1. The van der Waals surface area contributed by atoms with Crippen molar-refractivity contribution in [2.45, 2.75) is 57.8 Å². The first kappa shape index (κ1) is 32.9. The van der Waals surface area contributed by atoms with Crippen LogP contribution in [-0.4, -0.2) is 70.1 Å². The molecular formula is C39H44FN5O4. The Hall–Kier alpha value is -4.67. The summed E-state index contributed by atoms with van der Waals surface area (Å²) in [5, 5.41) is 9.56. The minimum atomic E-state index is -0.555. The second-order valence-electron chi connectivity index (χ2n) is 13.4. The van der Waals surface area contributed by atoms with Crippen molar-refractivity contribution >= 4 is 22.9 Å². The lowest BCUT2D eigenvalue weighted by Crippen LogP contribution is -2.46. The molecule has 2 aromatic heterocycles. The fourth-order valence-electron chi connectivity index (χ4n) is 7.60. The summed E-state index contributed by atoms with van der Waals surface area (Å²) >= 11 is 0. The van der Waals surface area contributed by atoms with E-state index in [1.165, 1.54) is 12.1 Å². The standard InChI is InChI=1S/C39H44FN5O4/c1-48-36-9-5-2-6-29(36)25-44-23-19-39(37(44)47,24-28-10-12-30(40)13-11-28)18-22-43-20-16-31(17-21-43)45(26-32-14-15-33(27-46)49-32)38-41-34-7-3-4-8-35(34)42-38/h2-15,31,46H,16-27H2,1H3,(H,41,42). The zero-order valence-electron chi connectivity index (χ0n) is 28.0. The van der Waals surface area contributed by atoms with Crippen LogP contribution in [-0.2, 0) is 30.9 Å². The molecule has 2 N–H and O–H groups in total. The number of rotatable bonds is 13. The number of likely N-dealkylation sites (tertiary alicyclic amines) is 2. The van der Waals surface area contributed by atoms with Crippen molar-refractivity contribution in [2.75, 3.05) is 38.2 Å². The second-order valence-corrected chi connectivity index (χ2v) is 13.4. The number of aliphatic hydroxyl groups is 1. The van der Waals surface area contributed by atoms with Gasteiger partial charge >= 0.3 is 0 Å². The smallest absolute Gasteiger partial charge is 0.229 e. The lowest BCUT2D eigenvalue weighted by Gasteiger charge is -2.39. The van der Waals surface area contributed by atoms with Crippen LogP contribution in [0.2, 0.25) is 0 Å². The van der Waals surface area contributed by atoms with Gasteiger partial charge < -0.3 is 33.9 Å². The van der Waals surface area contributed by atoms with E-state index in [0.29, 0.717) is 31.8 Å². The van der Waals surface area contributed by atoms with Crippen LogP contribution in [0.3, 0.4) is 0 Å². The maximum atomic E-state index is 14.3. The predicted octanol–water partition coefficient (Wildman–Crippen LogP) is 6.32. The summed E-state index contributed by atoms with van der Waals surface area (Å²) in [6, 6.07) is 26.5. The molecule has 4 heterocycles. The van der Waals surface area contributed by atoms with Crippen LogP contribution in [0.15, 0.2) is 89.3 Å². The quantitative estimate of drug-likeness (QED) is 0.152. The highest BCUT2D eigenvalue weighted by atomic mass is 19.1. The number of H-pyrrole nitrogens is 1. The van der Waals surface area contributed by atoms with Crippen molar-refractivity contribution in [3.05, 3.63) is 113 Å². The van der Waals surface area contributed by atoms with Gasteiger partial charge in [-0.25, -0.2) is 9.37 Å².